The minimum Gasteiger partial charge on any atom is -0.411 e. The van der Waals surface area contributed by atoms with Crippen molar-refractivity contribution < 1.29 is 5.21 Å². The van der Waals surface area contributed by atoms with Gasteiger partial charge in [-0.3, -0.25) is 4.98 Å². The predicted octanol–water partition coefficient (Wildman–Crippen LogP) is 1.32. The third kappa shape index (κ3) is 0.832. The van der Waals surface area contributed by atoms with E-state index in [4.69, 9.17) is 16.8 Å². The largest absolute Gasteiger partial charge is 0.411 e. The zero-order valence-corrected chi connectivity index (χ0v) is 6.15. The van der Waals surface area contributed by atoms with Crippen LogP contribution in [0.5, 0.6) is 0 Å². The van der Waals surface area contributed by atoms with Gasteiger partial charge in [-0.1, -0.05) is 16.4 Å². The number of pyridine rings is 1. The normalized spacial score (nSPS) is 10.6. The Balaban J connectivity index is 2.95. The summed E-state index contributed by atoms with van der Waals surface area (Å²) in [5, 5.41) is 12.8. The summed E-state index contributed by atoms with van der Waals surface area (Å²) in [4.78, 5) is 4.64. The summed E-state index contributed by atoms with van der Waals surface area (Å²) < 4.78 is 0. The van der Waals surface area contributed by atoms with Gasteiger partial charge in [-0.15, -0.1) is 5.10 Å². The number of aromatic nitrogens is 3. The van der Waals surface area contributed by atoms with Gasteiger partial charge in [-0.2, -0.15) is 0 Å². The number of nitrogens with zero attached hydrogens (tertiary/aromatic N) is 3. The lowest BCUT2D eigenvalue weighted by molar-refractivity contribution is 0.161. The Morgan fingerprint density at radius 2 is 2.36 bits per heavy atom. The molecule has 0 saturated heterocycles. The van der Waals surface area contributed by atoms with Crippen molar-refractivity contribution in [2.24, 2.45) is 0 Å². The van der Waals surface area contributed by atoms with Crippen molar-refractivity contribution in [2.75, 3.05) is 0 Å². The van der Waals surface area contributed by atoms with Crippen molar-refractivity contribution in [3.63, 3.8) is 0 Å². The van der Waals surface area contributed by atoms with Gasteiger partial charge >= 0.3 is 0 Å². The molecule has 4 nitrogen and oxygen atoms in total. The Morgan fingerprint density at radius 3 is 3.09 bits per heavy atom. The highest BCUT2D eigenvalue weighted by atomic mass is 35.5. The number of halogens is 1. The fourth-order valence-corrected chi connectivity index (χ4v) is 1.12. The molecule has 0 fully saturated rings. The van der Waals surface area contributed by atoms with Crippen LogP contribution in [0.4, 0.5) is 0 Å². The summed E-state index contributed by atoms with van der Waals surface area (Å²) in [5.41, 5.74) is 1.02. The SMILES string of the molecule is On1nc(Cl)c2ncccc21. The molecule has 1 N–H and O–H groups in total. The fraction of sp³-hybridized carbons (Fsp3) is 0. The molecule has 0 bridgehead atoms. The van der Waals surface area contributed by atoms with E-state index in [1.807, 2.05) is 0 Å². The van der Waals surface area contributed by atoms with Crippen LogP contribution in [-0.2, 0) is 0 Å². The smallest absolute Gasteiger partial charge is 0.180 e. The second-order valence-corrected chi connectivity index (χ2v) is 2.41. The zero-order valence-electron chi connectivity index (χ0n) is 5.40. The van der Waals surface area contributed by atoms with Gasteiger partial charge in [0.2, 0.25) is 0 Å². The molecule has 56 valence electrons. The molecule has 0 unspecified atom stereocenters. The molecule has 2 aromatic rings. The average Bonchev–Trinajstić information content (AvgIpc) is 2.30. The fourth-order valence-electron chi connectivity index (χ4n) is 0.902. The maximum atomic E-state index is 9.07. The van der Waals surface area contributed by atoms with E-state index >= 15 is 0 Å². The monoisotopic (exact) mass is 169 g/mol. The first-order valence-corrected chi connectivity index (χ1v) is 3.35. The molecule has 2 rings (SSSR count). The maximum Gasteiger partial charge on any atom is 0.180 e. The van der Waals surface area contributed by atoms with Crippen molar-refractivity contribution >= 4 is 22.6 Å². The molecular weight excluding hydrogens is 166 g/mol. The van der Waals surface area contributed by atoms with Gasteiger partial charge in [0, 0.05) is 6.20 Å². The lowest BCUT2D eigenvalue weighted by atomic mass is 10.4. The number of fused-ring (bicyclic) bond motifs is 1. The standard InChI is InChI=1S/C6H4ClN3O/c7-6-5-4(10(11)9-6)2-1-3-8-5/h1-3,11H. The first-order chi connectivity index (χ1) is 5.29. The van der Waals surface area contributed by atoms with Crippen molar-refractivity contribution in [1.82, 2.24) is 14.9 Å². The second kappa shape index (κ2) is 2.10. The molecule has 0 atom stereocenters. The number of hydrogen-bond donors (Lipinski definition) is 1. The first kappa shape index (κ1) is 6.42. The van der Waals surface area contributed by atoms with Crippen molar-refractivity contribution in [3.05, 3.63) is 23.5 Å². The maximum absolute atomic E-state index is 9.07. The molecule has 0 amide bonds. The molecule has 0 aliphatic heterocycles. The van der Waals surface area contributed by atoms with Gasteiger partial charge in [-0.05, 0) is 12.1 Å². The van der Waals surface area contributed by atoms with E-state index in [-0.39, 0.29) is 5.15 Å². The van der Waals surface area contributed by atoms with Crippen LogP contribution in [0.1, 0.15) is 0 Å². The van der Waals surface area contributed by atoms with E-state index in [0.29, 0.717) is 15.9 Å². The molecule has 5 heteroatoms. The Labute approximate surface area is 67.0 Å². The molecular formula is C6H4ClN3O. The molecule has 0 aliphatic rings. The summed E-state index contributed by atoms with van der Waals surface area (Å²) in [5.74, 6) is 0. The molecule has 2 aromatic heterocycles. The summed E-state index contributed by atoms with van der Waals surface area (Å²) in [6.45, 7) is 0. The number of rotatable bonds is 0. The number of hydrogen-bond acceptors (Lipinski definition) is 3. The highest BCUT2D eigenvalue weighted by molar-refractivity contribution is 6.33. The second-order valence-electron chi connectivity index (χ2n) is 2.05. The Hall–Kier alpha value is -1.29. The summed E-state index contributed by atoms with van der Waals surface area (Å²) >= 11 is 5.62. The van der Waals surface area contributed by atoms with E-state index in [0.717, 1.165) is 0 Å². The predicted molar refractivity (Wildman–Crippen MR) is 39.7 cm³/mol. The quantitative estimate of drug-likeness (QED) is 0.606. The van der Waals surface area contributed by atoms with Crippen molar-refractivity contribution in [2.45, 2.75) is 0 Å². The molecule has 0 spiro atoms. The van der Waals surface area contributed by atoms with Crippen LogP contribution in [0.15, 0.2) is 18.3 Å². The topological polar surface area (TPSA) is 50.9 Å². The molecule has 0 aliphatic carbocycles. The van der Waals surface area contributed by atoms with E-state index in [1.165, 1.54) is 0 Å². The van der Waals surface area contributed by atoms with Gasteiger partial charge < -0.3 is 5.21 Å². The van der Waals surface area contributed by atoms with E-state index in [2.05, 4.69) is 10.1 Å². The van der Waals surface area contributed by atoms with Crippen LogP contribution in [0.3, 0.4) is 0 Å². The highest BCUT2D eigenvalue weighted by Gasteiger charge is 2.06. The van der Waals surface area contributed by atoms with Crippen LogP contribution >= 0.6 is 11.6 Å². The van der Waals surface area contributed by atoms with E-state index in [1.54, 1.807) is 18.3 Å². The van der Waals surface area contributed by atoms with Crippen LogP contribution in [-0.4, -0.2) is 20.1 Å². The van der Waals surface area contributed by atoms with Crippen LogP contribution in [0.25, 0.3) is 11.0 Å². The van der Waals surface area contributed by atoms with Crippen LogP contribution in [0.2, 0.25) is 5.15 Å². The van der Waals surface area contributed by atoms with E-state index in [9.17, 15) is 0 Å². The molecule has 0 saturated carbocycles. The summed E-state index contributed by atoms with van der Waals surface area (Å²) in [7, 11) is 0. The van der Waals surface area contributed by atoms with Gasteiger partial charge in [0.15, 0.2) is 5.15 Å². The average molecular weight is 170 g/mol. The summed E-state index contributed by atoms with van der Waals surface area (Å²) in [6.07, 6.45) is 1.59. The highest BCUT2D eigenvalue weighted by Crippen LogP contribution is 2.17. The molecule has 0 aromatic carbocycles. The third-order valence-electron chi connectivity index (χ3n) is 1.38. The lowest BCUT2D eigenvalue weighted by Crippen LogP contribution is -1.90. The minimum atomic E-state index is 0.211. The van der Waals surface area contributed by atoms with Crippen molar-refractivity contribution in [1.29, 1.82) is 0 Å². The van der Waals surface area contributed by atoms with E-state index < -0.39 is 0 Å². The zero-order chi connectivity index (χ0) is 7.84. The Kier molecular flexibility index (Phi) is 1.22. The van der Waals surface area contributed by atoms with Gasteiger partial charge in [-0.25, -0.2) is 0 Å². The first-order valence-electron chi connectivity index (χ1n) is 2.97. The molecule has 11 heavy (non-hydrogen) atoms. The Bertz CT molecular complexity index is 362. The summed E-state index contributed by atoms with van der Waals surface area (Å²) in [6, 6.07) is 3.38. The lowest BCUT2D eigenvalue weighted by Gasteiger charge is -1.87. The van der Waals surface area contributed by atoms with Crippen LogP contribution in [0, 0.1) is 0 Å². The molecule has 2 heterocycles. The Morgan fingerprint density at radius 1 is 1.55 bits per heavy atom. The third-order valence-corrected chi connectivity index (χ3v) is 1.63. The minimum absolute atomic E-state index is 0.211. The van der Waals surface area contributed by atoms with Crippen LogP contribution < -0.4 is 0 Å². The van der Waals surface area contributed by atoms with Crippen molar-refractivity contribution in [3.8, 4) is 0 Å². The molecule has 0 radical (unpaired) electrons. The van der Waals surface area contributed by atoms with Gasteiger partial charge in [0.1, 0.15) is 11.0 Å². The van der Waals surface area contributed by atoms with Gasteiger partial charge in [0.05, 0.1) is 0 Å². The van der Waals surface area contributed by atoms with Gasteiger partial charge in [0.25, 0.3) is 0 Å².